The zero-order chi connectivity index (χ0) is 14.8. The zero-order valence-electron chi connectivity index (χ0n) is 12.7. The Hall–Kier alpha value is -1.56. The number of carbonyl (C=O) groups is 1. The Kier molecular flexibility index (Phi) is 4.14. The molecule has 1 amide bonds. The fourth-order valence-electron chi connectivity index (χ4n) is 3.61. The molecule has 0 aliphatic carbocycles. The van der Waals surface area contributed by atoms with Gasteiger partial charge in [0.05, 0.1) is 17.9 Å². The van der Waals surface area contributed by atoms with E-state index in [1.165, 1.54) is 0 Å². The second kappa shape index (κ2) is 6.05. The molecule has 0 saturated carbocycles. The number of carbonyl (C=O) groups excluding carboxylic acids is 1. The highest BCUT2D eigenvalue weighted by Gasteiger charge is 2.29. The van der Waals surface area contributed by atoms with Crippen LogP contribution in [0.15, 0.2) is 12.4 Å². The van der Waals surface area contributed by atoms with Crippen LogP contribution in [0.5, 0.6) is 0 Å². The van der Waals surface area contributed by atoms with E-state index in [0.29, 0.717) is 12.1 Å². The first-order chi connectivity index (χ1) is 10.1. The Morgan fingerprint density at radius 3 is 2.29 bits per heavy atom. The van der Waals surface area contributed by atoms with Crippen molar-refractivity contribution in [3.05, 3.63) is 12.4 Å². The lowest BCUT2D eigenvalue weighted by atomic mass is 9.98. The molecule has 3 heterocycles. The Balaban J connectivity index is 1.49. The third-order valence-electron chi connectivity index (χ3n) is 4.92. The van der Waals surface area contributed by atoms with Crippen molar-refractivity contribution in [2.45, 2.75) is 44.7 Å². The molecule has 0 unspecified atom stereocenters. The molecule has 2 aliphatic heterocycles. The van der Waals surface area contributed by atoms with Gasteiger partial charge in [-0.05, 0) is 25.7 Å². The largest absolute Gasteiger partial charge is 0.396 e. The highest BCUT2D eigenvalue weighted by molar-refractivity contribution is 5.73. The zero-order valence-corrected chi connectivity index (χ0v) is 12.7. The van der Waals surface area contributed by atoms with Crippen molar-refractivity contribution in [2.24, 2.45) is 0 Å². The van der Waals surface area contributed by atoms with Gasteiger partial charge in [0.1, 0.15) is 0 Å². The third kappa shape index (κ3) is 3.20. The molecule has 2 saturated heterocycles. The van der Waals surface area contributed by atoms with E-state index in [9.17, 15) is 4.79 Å². The minimum absolute atomic E-state index is 0.212. The maximum absolute atomic E-state index is 11.4. The highest BCUT2D eigenvalue weighted by atomic mass is 16.2. The number of piperidine rings is 2. The van der Waals surface area contributed by atoms with Crippen LogP contribution < -0.4 is 5.73 Å². The van der Waals surface area contributed by atoms with Crippen LogP contribution in [0, 0.1) is 0 Å². The molecular weight excluding hydrogens is 266 g/mol. The van der Waals surface area contributed by atoms with Gasteiger partial charge in [-0.3, -0.25) is 9.48 Å². The molecule has 1 aromatic heterocycles. The van der Waals surface area contributed by atoms with Gasteiger partial charge >= 0.3 is 0 Å². The Morgan fingerprint density at radius 2 is 1.76 bits per heavy atom. The van der Waals surface area contributed by atoms with Gasteiger partial charge in [-0.25, -0.2) is 0 Å². The van der Waals surface area contributed by atoms with E-state index >= 15 is 0 Å². The minimum atomic E-state index is 0.212. The van der Waals surface area contributed by atoms with Gasteiger partial charge in [0.15, 0.2) is 0 Å². The lowest BCUT2D eigenvalue weighted by Gasteiger charge is -2.41. The number of nitrogen functional groups attached to an aromatic ring is 1. The van der Waals surface area contributed by atoms with Crippen molar-refractivity contribution in [1.82, 2.24) is 19.6 Å². The molecule has 21 heavy (non-hydrogen) atoms. The van der Waals surface area contributed by atoms with E-state index in [4.69, 9.17) is 5.73 Å². The molecule has 6 nitrogen and oxygen atoms in total. The van der Waals surface area contributed by atoms with Crippen molar-refractivity contribution in [2.75, 3.05) is 31.9 Å². The number of anilines is 1. The summed E-state index contributed by atoms with van der Waals surface area (Å²) in [5, 5.41) is 4.34. The summed E-state index contributed by atoms with van der Waals surface area (Å²) in [5.41, 5.74) is 6.49. The van der Waals surface area contributed by atoms with Crippen LogP contribution in [-0.4, -0.2) is 57.7 Å². The minimum Gasteiger partial charge on any atom is -0.396 e. The smallest absolute Gasteiger partial charge is 0.219 e. The average molecular weight is 291 g/mol. The fourth-order valence-corrected chi connectivity index (χ4v) is 3.61. The van der Waals surface area contributed by atoms with Crippen LogP contribution in [-0.2, 0) is 4.79 Å². The summed E-state index contributed by atoms with van der Waals surface area (Å²) in [6, 6.07) is 1.13. The van der Waals surface area contributed by atoms with Crippen LogP contribution in [0.25, 0.3) is 0 Å². The molecule has 0 bridgehead atoms. The molecule has 2 aliphatic rings. The lowest BCUT2D eigenvalue weighted by Crippen LogP contribution is -2.48. The molecule has 2 N–H and O–H groups in total. The quantitative estimate of drug-likeness (QED) is 0.886. The summed E-state index contributed by atoms with van der Waals surface area (Å²) in [6.07, 6.45) is 8.15. The maximum atomic E-state index is 11.4. The van der Waals surface area contributed by atoms with Gasteiger partial charge in [0.2, 0.25) is 5.91 Å². The van der Waals surface area contributed by atoms with Crippen molar-refractivity contribution in [3.8, 4) is 0 Å². The molecule has 6 heteroatoms. The van der Waals surface area contributed by atoms with Crippen LogP contribution in [0.3, 0.4) is 0 Å². The fraction of sp³-hybridized carbons (Fsp3) is 0.733. The van der Waals surface area contributed by atoms with Gasteiger partial charge in [0, 0.05) is 45.3 Å². The van der Waals surface area contributed by atoms with Crippen LogP contribution >= 0.6 is 0 Å². The number of nitrogens with zero attached hydrogens (tertiary/aromatic N) is 4. The summed E-state index contributed by atoms with van der Waals surface area (Å²) < 4.78 is 2.02. The van der Waals surface area contributed by atoms with Crippen LogP contribution in [0.2, 0.25) is 0 Å². The van der Waals surface area contributed by atoms with Crippen molar-refractivity contribution in [3.63, 3.8) is 0 Å². The summed E-state index contributed by atoms with van der Waals surface area (Å²) in [7, 11) is 0. The number of rotatable bonds is 2. The van der Waals surface area contributed by atoms with Crippen LogP contribution in [0.4, 0.5) is 5.69 Å². The standard InChI is InChI=1S/C15H25N5O/c1-12(21)18-6-2-14(3-7-18)19-8-4-15(5-9-19)20-11-13(16)10-17-20/h10-11,14-15H,2-9,16H2,1H3. The van der Waals surface area contributed by atoms with Gasteiger partial charge in [-0.1, -0.05) is 0 Å². The molecule has 0 aromatic carbocycles. The van der Waals surface area contributed by atoms with E-state index in [-0.39, 0.29) is 5.91 Å². The van der Waals surface area contributed by atoms with Crippen molar-refractivity contribution >= 4 is 11.6 Å². The van der Waals surface area contributed by atoms with E-state index in [2.05, 4.69) is 10.00 Å². The molecule has 1 aromatic rings. The number of amides is 1. The summed E-state index contributed by atoms with van der Waals surface area (Å²) in [4.78, 5) is 15.9. The van der Waals surface area contributed by atoms with E-state index in [1.807, 2.05) is 15.8 Å². The van der Waals surface area contributed by atoms with E-state index in [1.54, 1.807) is 13.1 Å². The Bertz CT molecular complexity index is 484. The first-order valence-electron chi connectivity index (χ1n) is 7.92. The molecule has 0 radical (unpaired) electrons. The number of hydrogen-bond donors (Lipinski definition) is 1. The first kappa shape index (κ1) is 14.4. The second-order valence-electron chi connectivity index (χ2n) is 6.26. The predicted molar refractivity (Wildman–Crippen MR) is 81.8 cm³/mol. The number of hydrogen-bond acceptors (Lipinski definition) is 4. The van der Waals surface area contributed by atoms with E-state index in [0.717, 1.165) is 57.5 Å². The normalized spacial score (nSPS) is 22.6. The summed E-state index contributed by atoms with van der Waals surface area (Å²) >= 11 is 0. The van der Waals surface area contributed by atoms with Crippen molar-refractivity contribution < 1.29 is 4.79 Å². The average Bonchev–Trinajstić information content (AvgIpc) is 2.94. The summed E-state index contributed by atoms with van der Waals surface area (Å²) in [5.74, 6) is 0.212. The van der Waals surface area contributed by atoms with E-state index < -0.39 is 0 Å². The summed E-state index contributed by atoms with van der Waals surface area (Å²) in [6.45, 7) is 5.73. The molecule has 0 spiro atoms. The molecular formula is C15H25N5O. The number of nitrogens with two attached hydrogens (primary N) is 1. The molecule has 0 atom stereocenters. The molecule has 2 fully saturated rings. The SMILES string of the molecule is CC(=O)N1CCC(N2CCC(n3cc(N)cn3)CC2)CC1. The lowest BCUT2D eigenvalue weighted by molar-refractivity contribution is -0.130. The Morgan fingerprint density at radius 1 is 1.14 bits per heavy atom. The predicted octanol–water partition coefficient (Wildman–Crippen LogP) is 1.11. The number of likely N-dealkylation sites (tertiary alicyclic amines) is 2. The maximum Gasteiger partial charge on any atom is 0.219 e. The first-order valence-corrected chi connectivity index (χ1v) is 7.92. The molecule has 3 rings (SSSR count). The Labute approximate surface area is 125 Å². The topological polar surface area (TPSA) is 67.4 Å². The van der Waals surface area contributed by atoms with Crippen LogP contribution in [0.1, 0.15) is 38.6 Å². The van der Waals surface area contributed by atoms with Gasteiger partial charge < -0.3 is 15.5 Å². The highest BCUT2D eigenvalue weighted by Crippen LogP contribution is 2.26. The third-order valence-corrected chi connectivity index (χ3v) is 4.92. The monoisotopic (exact) mass is 291 g/mol. The second-order valence-corrected chi connectivity index (χ2v) is 6.26. The molecule has 116 valence electrons. The van der Waals surface area contributed by atoms with Crippen molar-refractivity contribution in [1.29, 1.82) is 0 Å². The van der Waals surface area contributed by atoms with Gasteiger partial charge in [0.25, 0.3) is 0 Å². The number of aromatic nitrogens is 2. The van der Waals surface area contributed by atoms with Gasteiger partial charge in [-0.15, -0.1) is 0 Å². The van der Waals surface area contributed by atoms with Gasteiger partial charge in [-0.2, -0.15) is 5.10 Å².